The summed E-state index contributed by atoms with van der Waals surface area (Å²) in [5.41, 5.74) is 6.70. The highest BCUT2D eigenvalue weighted by molar-refractivity contribution is 8.15. The first kappa shape index (κ1) is 16.0. The number of hydrogen-bond donors (Lipinski definition) is 2. The van der Waals surface area contributed by atoms with Gasteiger partial charge in [0.05, 0.1) is 4.92 Å². The number of nitro benzene ring substituents is 1. The van der Waals surface area contributed by atoms with E-state index in [1.807, 2.05) is 0 Å². The molecule has 2 amide bonds. The molecule has 3 N–H and O–H groups in total. The highest BCUT2D eigenvalue weighted by Gasteiger charge is 2.30. The average molecular weight is 322 g/mol. The van der Waals surface area contributed by atoms with Gasteiger partial charge in [-0.2, -0.15) is 4.99 Å². The van der Waals surface area contributed by atoms with Crippen LogP contribution >= 0.6 is 11.8 Å². The molecule has 1 heterocycles. The Morgan fingerprint density at radius 3 is 2.73 bits per heavy atom. The third-order valence-corrected chi connectivity index (χ3v) is 4.04. The monoisotopic (exact) mass is 322 g/mol. The van der Waals surface area contributed by atoms with E-state index in [0.717, 1.165) is 17.3 Å². The number of nitrogens with zero attached hydrogens (tertiary/aromatic N) is 2. The molecular weight excluding hydrogens is 308 g/mol. The number of nitrogens with one attached hydrogen (secondary N) is 1. The first-order chi connectivity index (χ1) is 10.3. The number of hydrogen-bond acceptors (Lipinski definition) is 6. The number of aryl methyl sites for hydroxylation is 2. The summed E-state index contributed by atoms with van der Waals surface area (Å²) in [4.78, 5) is 37.6. The third kappa shape index (κ3) is 3.42. The van der Waals surface area contributed by atoms with E-state index in [1.54, 1.807) is 19.9 Å². The second-order valence-electron chi connectivity index (χ2n) is 4.88. The number of anilines is 1. The van der Waals surface area contributed by atoms with Crippen LogP contribution in [-0.2, 0) is 9.59 Å². The van der Waals surface area contributed by atoms with Gasteiger partial charge in [-0.15, -0.1) is 0 Å². The van der Waals surface area contributed by atoms with Crippen LogP contribution in [-0.4, -0.2) is 27.2 Å². The summed E-state index contributed by atoms with van der Waals surface area (Å²) in [7, 11) is 0. The van der Waals surface area contributed by atoms with E-state index in [-0.39, 0.29) is 23.0 Å². The maximum Gasteiger partial charge on any atom is 0.293 e. The topological polar surface area (TPSA) is 128 Å². The standard InChI is InChI=1S/C13H14N4O4S/c1-6-3-7(2)11(8(4-6)17(20)21)15-10(18)5-9-12(19)16-13(14)22-9/h3-4,9H,5H2,1-2H3,(H,15,18)(H2,14,16,19)/t9-/m0/s1. The van der Waals surface area contributed by atoms with Gasteiger partial charge in [-0.1, -0.05) is 17.8 Å². The average Bonchev–Trinajstić information content (AvgIpc) is 2.70. The molecule has 1 atom stereocenters. The fraction of sp³-hybridized carbons (Fsp3) is 0.308. The minimum absolute atomic E-state index is 0.125. The van der Waals surface area contributed by atoms with Crippen LogP contribution in [0.4, 0.5) is 11.4 Å². The zero-order chi connectivity index (χ0) is 16.4. The molecule has 0 spiro atoms. The van der Waals surface area contributed by atoms with Crippen molar-refractivity contribution in [1.82, 2.24) is 0 Å². The minimum Gasteiger partial charge on any atom is -0.378 e. The largest absolute Gasteiger partial charge is 0.378 e. The Hall–Kier alpha value is -2.42. The van der Waals surface area contributed by atoms with Crippen molar-refractivity contribution in [3.05, 3.63) is 33.4 Å². The van der Waals surface area contributed by atoms with E-state index in [9.17, 15) is 19.7 Å². The zero-order valence-electron chi connectivity index (χ0n) is 12.0. The first-order valence-corrected chi connectivity index (χ1v) is 7.26. The summed E-state index contributed by atoms with van der Waals surface area (Å²) in [6.07, 6.45) is -0.141. The highest BCUT2D eigenvalue weighted by Crippen LogP contribution is 2.30. The number of rotatable bonds is 4. The van der Waals surface area contributed by atoms with E-state index in [0.29, 0.717) is 5.56 Å². The van der Waals surface area contributed by atoms with Crippen LogP contribution in [0, 0.1) is 24.0 Å². The van der Waals surface area contributed by atoms with Crippen molar-refractivity contribution >= 4 is 40.1 Å². The molecular formula is C13H14N4O4S. The number of amides is 2. The predicted octanol–water partition coefficient (Wildman–Crippen LogP) is 1.50. The fourth-order valence-corrected chi connectivity index (χ4v) is 2.97. The second-order valence-corrected chi connectivity index (χ2v) is 6.10. The Morgan fingerprint density at radius 1 is 1.50 bits per heavy atom. The Labute approximate surface area is 130 Å². The lowest BCUT2D eigenvalue weighted by atomic mass is 10.1. The van der Waals surface area contributed by atoms with Crippen molar-refractivity contribution in [2.24, 2.45) is 10.7 Å². The van der Waals surface area contributed by atoms with Gasteiger partial charge in [0.1, 0.15) is 10.9 Å². The summed E-state index contributed by atoms with van der Waals surface area (Å²) in [5.74, 6) is -0.960. The van der Waals surface area contributed by atoms with E-state index in [4.69, 9.17) is 5.73 Å². The van der Waals surface area contributed by atoms with Crippen LogP contribution in [0.1, 0.15) is 17.5 Å². The number of nitro groups is 1. The van der Waals surface area contributed by atoms with E-state index in [1.165, 1.54) is 6.07 Å². The molecule has 8 nitrogen and oxygen atoms in total. The van der Waals surface area contributed by atoms with Gasteiger partial charge in [0, 0.05) is 12.5 Å². The molecule has 116 valence electrons. The first-order valence-electron chi connectivity index (χ1n) is 6.38. The lowest BCUT2D eigenvalue weighted by Gasteiger charge is -2.11. The molecule has 0 saturated heterocycles. The molecule has 0 radical (unpaired) electrons. The highest BCUT2D eigenvalue weighted by atomic mass is 32.2. The summed E-state index contributed by atoms with van der Waals surface area (Å²) in [5, 5.41) is 13.1. The third-order valence-electron chi connectivity index (χ3n) is 3.05. The maximum atomic E-state index is 12.0. The van der Waals surface area contributed by atoms with Crippen molar-refractivity contribution in [3.8, 4) is 0 Å². The summed E-state index contributed by atoms with van der Waals surface area (Å²) < 4.78 is 0. The Morgan fingerprint density at radius 2 is 2.18 bits per heavy atom. The van der Waals surface area contributed by atoms with E-state index < -0.39 is 22.0 Å². The SMILES string of the molecule is Cc1cc(C)c(NC(=O)C[C@@H]2SC(N)=NC2=O)c([N+](=O)[O-])c1. The zero-order valence-corrected chi connectivity index (χ0v) is 12.8. The summed E-state index contributed by atoms with van der Waals surface area (Å²) >= 11 is 1.01. The molecule has 22 heavy (non-hydrogen) atoms. The molecule has 0 aromatic heterocycles. The van der Waals surface area contributed by atoms with E-state index in [2.05, 4.69) is 10.3 Å². The van der Waals surface area contributed by atoms with Gasteiger partial charge in [-0.3, -0.25) is 19.7 Å². The molecule has 2 rings (SSSR count). The number of amidine groups is 1. The van der Waals surface area contributed by atoms with Crippen molar-refractivity contribution in [3.63, 3.8) is 0 Å². The Kier molecular flexibility index (Phi) is 4.45. The van der Waals surface area contributed by atoms with E-state index >= 15 is 0 Å². The van der Waals surface area contributed by atoms with Crippen LogP contribution in [0.15, 0.2) is 17.1 Å². The summed E-state index contributed by atoms with van der Waals surface area (Å²) in [6, 6.07) is 3.12. The predicted molar refractivity (Wildman–Crippen MR) is 83.8 cm³/mol. The lowest BCUT2D eigenvalue weighted by molar-refractivity contribution is -0.384. The fourth-order valence-electron chi connectivity index (χ4n) is 2.14. The van der Waals surface area contributed by atoms with Crippen LogP contribution < -0.4 is 11.1 Å². The van der Waals surface area contributed by atoms with Gasteiger partial charge in [0.15, 0.2) is 5.17 Å². The van der Waals surface area contributed by atoms with Crippen molar-refractivity contribution in [2.45, 2.75) is 25.5 Å². The number of nitrogens with two attached hydrogens (primary N) is 1. The van der Waals surface area contributed by atoms with Crippen molar-refractivity contribution in [1.29, 1.82) is 0 Å². The Bertz CT molecular complexity index is 702. The van der Waals surface area contributed by atoms with Gasteiger partial charge in [0.25, 0.3) is 11.6 Å². The number of carbonyl (C=O) groups is 2. The van der Waals surface area contributed by atoms with Gasteiger partial charge < -0.3 is 11.1 Å². The number of aliphatic imine (C=N–C) groups is 1. The van der Waals surface area contributed by atoms with Gasteiger partial charge >= 0.3 is 0 Å². The molecule has 0 saturated carbocycles. The summed E-state index contributed by atoms with van der Waals surface area (Å²) in [6.45, 7) is 3.41. The Balaban J connectivity index is 2.15. The number of benzene rings is 1. The number of carbonyl (C=O) groups excluding carboxylic acids is 2. The lowest BCUT2D eigenvalue weighted by Crippen LogP contribution is -2.22. The quantitative estimate of drug-likeness (QED) is 0.638. The molecule has 9 heteroatoms. The van der Waals surface area contributed by atoms with Crippen LogP contribution in [0.3, 0.4) is 0 Å². The minimum atomic E-state index is -0.676. The second kappa shape index (κ2) is 6.14. The van der Waals surface area contributed by atoms with Crippen LogP contribution in [0.25, 0.3) is 0 Å². The molecule has 1 aromatic rings. The molecule has 0 bridgehead atoms. The normalized spacial score (nSPS) is 17.3. The van der Waals surface area contributed by atoms with Crippen molar-refractivity contribution < 1.29 is 14.5 Å². The molecule has 0 aliphatic carbocycles. The maximum absolute atomic E-state index is 12.0. The molecule has 1 aliphatic rings. The molecule has 0 unspecified atom stereocenters. The van der Waals surface area contributed by atoms with Crippen LogP contribution in [0.5, 0.6) is 0 Å². The van der Waals surface area contributed by atoms with Crippen molar-refractivity contribution in [2.75, 3.05) is 5.32 Å². The molecule has 0 fully saturated rings. The number of thioether (sulfide) groups is 1. The smallest absolute Gasteiger partial charge is 0.293 e. The van der Waals surface area contributed by atoms with Crippen LogP contribution in [0.2, 0.25) is 0 Å². The van der Waals surface area contributed by atoms with Gasteiger partial charge in [0.2, 0.25) is 5.91 Å². The molecule has 1 aliphatic heterocycles. The van der Waals surface area contributed by atoms with Gasteiger partial charge in [-0.25, -0.2) is 0 Å². The van der Waals surface area contributed by atoms with Gasteiger partial charge in [-0.05, 0) is 25.0 Å². The molecule has 1 aromatic carbocycles.